The van der Waals surface area contributed by atoms with Crippen LogP contribution in [0.1, 0.15) is 18.9 Å². The lowest BCUT2D eigenvalue weighted by Crippen LogP contribution is -2.28. The summed E-state index contributed by atoms with van der Waals surface area (Å²) in [6.07, 6.45) is 1.04. The van der Waals surface area contributed by atoms with E-state index >= 15 is 0 Å². The fraction of sp³-hybridized carbons (Fsp3) is 0.227. The molecule has 1 saturated heterocycles. The lowest BCUT2D eigenvalue weighted by Gasteiger charge is -2.19. The van der Waals surface area contributed by atoms with Crippen molar-refractivity contribution in [3.8, 4) is 11.3 Å². The summed E-state index contributed by atoms with van der Waals surface area (Å²) in [4.78, 5) is 31.5. The van der Waals surface area contributed by atoms with Crippen LogP contribution in [0.5, 0.6) is 0 Å². The van der Waals surface area contributed by atoms with Gasteiger partial charge in [0.1, 0.15) is 0 Å². The predicted molar refractivity (Wildman–Crippen MR) is 117 cm³/mol. The van der Waals surface area contributed by atoms with Crippen molar-refractivity contribution in [1.29, 1.82) is 0 Å². The normalized spacial score (nSPS) is 16.3. The Labute approximate surface area is 178 Å². The zero-order valence-corrected chi connectivity index (χ0v) is 17.5. The van der Waals surface area contributed by atoms with Crippen molar-refractivity contribution in [1.82, 2.24) is 4.98 Å². The molecule has 1 aliphatic rings. The summed E-state index contributed by atoms with van der Waals surface area (Å²) >= 11 is 7.29. The number of hydrogen-bond acceptors (Lipinski definition) is 4. The third-order valence-corrected chi connectivity index (χ3v) is 6.04. The van der Waals surface area contributed by atoms with Crippen LogP contribution in [0.4, 0.5) is 10.8 Å². The highest BCUT2D eigenvalue weighted by atomic mass is 35.5. The average Bonchev–Trinajstić information content (AvgIpc) is 3.35. The number of aromatic nitrogens is 1. The molecule has 29 heavy (non-hydrogen) atoms. The van der Waals surface area contributed by atoms with Crippen molar-refractivity contribution in [2.75, 3.05) is 16.8 Å². The molecule has 1 N–H and O–H groups in total. The van der Waals surface area contributed by atoms with E-state index in [0.29, 0.717) is 16.7 Å². The molecule has 7 heteroatoms. The van der Waals surface area contributed by atoms with Crippen molar-refractivity contribution in [3.05, 3.63) is 64.5 Å². The molecule has 0 aliphatic carbocycles. The van der Waals surface area contributed by atoms with E-state index in [1.54, 1.807) is 17.0 Å². The Morgan fingerprint density at radius 1 is 1.24 bits per heavy atom. The summed E-state index contributed by atoms with van der Waals surface area (Å²) in [6.45, 7) is 2.45. The number of aryl methyl sites for hydroxylation is 1. The SMILES string of the molecule is CCc1ccccc1N1CC(C(=O)Nc2nc(-c3ccc(Cl)cc3)cs2)CC1=O. The lowest BCUT2D eigenvalue weighted by molar-refractivity contribution is -0.122. The molecule has 4 rings (SSSR count). The molecule has 0 bridgehead atoms. The Kier molecular flexibility index (Phi) is 5.65. The Hall–Kier alpha value is -2.70. The first-order valence-corrected chi connectivity index (χ1v) is 10.7. The molecule has 3 aromatic rings. The molecule has 1 fully saturated rings. The first kappa shape index (κ1) is 19.6. The van der Waals surface area contributed by atoms with Crippen molar-refractivity contribution >= 4 is 45.6 Å². The number of nitrogens with zero attached hydrogens (tertiary/aromatic N) is 2. The Bertz CT molecular complexity index is 1050. The molecule has 0 spiro atoms. The fourth-order valence-corrected chi connectivity index (χ4v) is 4.33. The van der Waals surface area contributed by atoms with Gasteiger partial charge in [-0.15, -0.1) is 11.3 Å². The molecule has 5 nitrogen and oxygen atoms in total. The van der Waals surface area contributed by atoms with E-state index in [1.165, 1.54) is 11.3 Å². The Balaban J connectivity index is 1.44. The smallest absolute Gasteiger partial charge is 0.231 e. The van der Waals surface area contributed by atoms with E-state index in [4.69, 9.17) is 11.6 Å². The van der Waals surface area contributed by atoms with Crippen LogP contribution in [-0.4, -0.2) is 23.3 Å². The van der Waals surface area contributed by atoms with E-state index in [1.807, 2.05) is 41.8 Å². The molecule has 1 unspecified atom stereocenters. The van der Waals surface area contributed by atoms with Crippen molar-refractivity contribution in [3.63, 3.8) is 0 Å². The maximum absolute atomic E-state index is 12.7. The van der Waals surface area contributed by atoms with Crippen molar-refractivity contribution in [2.24, 2.45) is 5.92 Å². The number of rotatable bonds is 5. The number of carbonyl (C=O) groups excluding carboxylic acids is 2. The molecule has 148 valence electrons. The quantitative estimate of drug-likeness (QED) is 0.624. The van der Waals surface area contributed by atoms with E-state index in [2.05, 4.69) is 17.2 Å². The van der Waals surface area contributed by atoms with Gasteiger partial charge in [0.25, 0.3) is 0 Å². The van der Waals surface area contributed by atoms with Crippen LogP contribution in [0.25, 0.3) is 11.3 Å². The van der Waals surface area contributed by atoms with Gasteiger partial charge in [0.05, 0.1) is 11.6 Å². The standard InChI is InChI=1S/C22H20ClN3O2S/c1-2-14-5-3-4-6-19(14)26-12-16(11-20(26)27)21(28)25-22-24-18(13-29-22)15-7-9-17(23)10-8-15/h3-10,13,16H,2,11-12H2,1H3,(H,24,25,28). The number of hydrogen-bond donors (Lipinski definition) is 1. The van der Waals surface area contributed by atoms with E-state index < -0.39 is 5.92 Å². The van der Waals surface area contributed by atoms with Crippen LogP contribution >= 0.6 is 22.9 Å². The highest BCUT2D eigenvalue weighted by Crippen LogP contribution is 2.30. The van der Waals surface area contributed by atoms with Gasteiger partial charge in [0.15, 0.2) is 5.13 Å². The maximum Gasteiger partial charge on any atom is 0.231 e. The third-order valence-electron chi connectivity index (χ3n) is 5.03. The van der Waals surface area contributed by atoms with Gasteiger partial charge in [-0.25, -0.2) is 4.98 Å². The summed E-state index contributed by atoms with van der Waals surface area (Å²) in [5.41, 5.74) is 3.72. The Morgan fingerprint density at radius 3 is 2.76 bits per heavy atom. The maximum atomic E-state index is 12.7. The van der Waals surface area contributed by atoms with Gasteiger partial charge in [0.2, 0.25) is 11.8 Å². The first-order valence-electron chi connectivity index (χ1n) is 9.45. The highest BCUT2D eigenvalue weighted by Gasteiger charge is 2.36. The van der Waals surface area contributed by atoms with Crippen LogP contribution < -0.4 is 10.2 Å². The fourth-order valence-electron chi connectivity index (χ4n) is 3.48. The number of carbonyl (C=O) groups is 2. The minimum atomic E-state index is -0.393. The van der Waals surface area contributed by atoms with Crippen LogP contribution in [-0.2, 0) is 16.0 Å². The summed E-state index contributed by atoms with van der Waals surface area (Å²) in [5.74, 6) is -0.589. The molecule has 1 atom stereocenters. The van der Waals surface area contributed by atoms with Crippen LogP contribution in [0.2, 0.25) is 5.02 Å². The number of halogens is 1. The minimum absolute atomic E-state index is 0.0213. The number of para-hydroxylation sites is 1. The molecule has 0 saturated carbocycles. The molecule has 2 amide bonds. The largest absolute Gasteiger partial charge is 0.311 e. The second kappa shape index (κ2) is 8.35. The monoisotopic (exact) mass is 425 g/mol. The number of thiazole rings is 1. The zero-order valence-electron chi connectivity index (χ0n) is 15.9. The van der Waals surface area contributed by atoms with Gasteiger partial charge >= 0.3 is 0 Å². The number of amides is 2. The van der Waals surface area contributed by atoms with Gasteiger partial charge in [-0.3, -0.25) is 9.59 Å². The van der Waals surface area contributed by atoms with Gasteiger partial charge in [0, 0.05) is 34.6 Å². The lowest BCUT2D eigenvalue weighted by atomic mass is 10.1. The van der Waals surface area contributed by atoms with Gasteiger partial charge in [-0.1, -0.05) is 48.9 Å². The number of anilines is 2. The second-order valence-electron chi connectivity index (χ2n) is 6.92. The molecular weight excluding hydrogens is 406 g/mol. The first-order chi connectivity index (χ1) is 14.0. The van der Waals surface area contributed by atoms with Gasteiger partial charge < -0.3 is 10.2 Å². The van der Waals surface area contributed by atoms with Gasteiger partial charge in [-0.05, 0) is 30.2 Å². The molecule has 2 aromatic carbocycles. The minimum Gasteiger partial charge on any atom is -0.311 e. The molecule has 2 heterocycles. The summed E-state index contributed by atoms with van der Waals surface area (Å²) in [5, 5.41) is 5.95. The summed E-state index contributed by atoms with van der Waals surface area (Å²) in [7, 11) is 0. The summed E-state index contributed by atoms with van der Waals surface area (Å²) < 4.78 is 0. The van der Waals surface area contributed by atoms with E-state index in [-0.39, 0.29) is 18.2 Å². The van der Waals surface area contributed by atoms with Gasteiger partial charge in [-0.2, -0.15) is 0 Å². The topological polar surface area (TPSA) is 62.3 Å². The third kappa shape index (κ3) is 4.18. The molecular formula is C22H20ClN3O2S. The van der Waals surface area contributed by atoms with Crippen LogP contribution in [0.15, 0.2) is 53.9 Å². The molecule has 1 aromatic heterocycles. The van der Waals surface area contributed by atoms with E-state index in [9.17, 15) is 9.59 Å². The molecule has 0 radical (unpaired) electrons. The summed E-state index contributed by atoms with van der Waals surface area (Å²) in [6, 6.07) is 15.2. The zero-order chi connectivity index (χ0) is 20.4. The van der Waals surface area contributed by atoms with Crippen molar-refractivity contribution < 1.29 is 9.59 Å². The van der Waals surface area contributed by atoms with Crippen LogP contribution in [0.3, 0.4) is 0 Å². The van der Waals surface area contributed by atoms with Crippen molar-refractivity contribution in [2.45, 2.75) is 19.8 Å². The number of benzene rings is 2. The van der Waals surface area contributed by atoms with E-state index in [0.717, 1.165) is 28.9 Å². The predicted octanol–water partition coefficient (Wildman–Crippen LogP) is 5.02. The number of nitrogens with one attached hydrogen (secondary N) is 1. The molecule has 1 aliphatic heterocycles. The second-order valence-corrected chi connectivity index (χ2v) is 8.22. The van der Waals surface area contributed by atoms with Crippen LogP contribution in [0, 0.1) is 5.92 Å². The Morgan fingerprint density at radius 2 is 2.00 bits per heavy atom. The average molecular weight is 426 g/mol. The highest BCUT2D eigenvalue weighted by molar-refractivity contribution is 7.14.